The number of likely N-dealkylation sites (N-methyl/N-ethyl adjacent to an activating group) is 1. The van der Waals surface area contributed by atoms with E-state index in [2.05, 4.69) is 51.4 Å². The SMILES string of the molecule is CN1Cc2cc(-c3cccnn3)c(F)cc2C(c2ccc3[nH]ccc3c2)C1. The van der Waals surface area contributed by atoms with Crippen LogP contribution in [0.3, 0.4) is 0 Å². The first kappa shape index (κ1) is 16.1. The Bertz CT molecular complexity index is 1120. The zero-order valence-electron chi connectivity index (χ0n) is 15.0. The van der Waals surface area contributed by atoms with Gasteiger partial charge in [0.25, 0.3) is 0 Å². The summed E-state index contributed by atoms with van der Waals surface area (Å²) < 4.78 is 15.0. The molecule has 1 N–H and O–H groups in total. The van der Waals surface area contributed by atoms with Crippen molar-refractivity contribution in [1.29, 1.82) is 0 Å². The average molecular weight is 358 g/mol. The van der Waals surface area contributed by atoms with Crippen LogP contribution >= 0.6 is 0 Å². The Hall–Kier alpha value is -3.05. The molecule has 0 bridgehead atoms. The molecule has 27 heavy (non-hydrogen) atoms. The van der Waals surface area contributed by atoms with Crippen molar-refractivity contribution in [2.24, 2.45) is 0 Å². The normalized spacial score (nSPS) is 17.2. The maximum absolute atomic E-state index is 15.0. The molecule has 0 radical (unpaired) electrons. The Balaban J connectivity index is 1.63. The third-order valence-corrected chi connectivity index (χ3v) is 5.37. The topological polar surface area (TPSA) is 44.8 Å². The Morgan fingerprint density at radius 1 is 1.15 bits per heavy atom. The molecule has 4 aromatic rings. The van der Waals surface area contributed by atoms with Gasteiger partial charge in [-0.2, -0.15) is 10.2 Å². The number of fused-ring (bicyclic) bond motifs is 2. The number of aromatic amines is 1. The molecule has 2 aromatic carbocycles. The summed E-state index contributed by atoms with van der Waals surface area (Å²) in [6.45, 7) is 1.67. The van der Waals surface area contributed by atoms with Crippen molar-refractivity contribution in [2.75, 3.05) is 13.6 Å². The molecule has 0 saturated heterocycles. The van der Waals surface area contributed by atoms with Gasteiger partial charge in [-0.3, -0.25) is 0 Å². The van der Waals surface area contributed by atoms with Gasteiger partial charge in [0.15, 0.2) is 0 Å². The summed E-state index contributed by atoms with van der Waals surface area (Å²) in [4.78, 5) is 5.51. The predicted molar refractivity (Wildman–Crippen MR) is 104 cm³/mol. The second kappa shape index (κ2) is 6.28. The van der Waals surface area contributed by atoms with Crippen molar-refractivity contribution in [2.45, 2.75) is 12.5 Å². The van der Waals surface area contributed by atoms with E-state index >= 15 is 0 Å². The van der Waals surface area contributed by atoms with E-state index < -0.39 is 0 Å². The lowest BCUT2D eigenvalue weighted by atomic mass is 9.83. The number of benzene rings is 2. The first-order chi connectivity index (χ1) is 13.2. The van der Waals surface area contributed by atoms with Gasteiger partial charge in [-0.1, -0.05) is 6.07 Å². The molecule has 0 saturated carbocycles. The van der Waals surface area contributed by atoms with E-state index in [0.717, 1.165) is 29.7 Å². The molecule has 5 rings (SSSR count). The zero-order valence-corrected chi connectivity index (χ0v) is 15.0. The monoisotopic (exact) mass is 358 g/mol. The number of halogens is 1. The molecule has 4 nitrogen and oxygen atoms in total. The van der Waals surface area contributed by atoms with Crippen molar-refractivity contribution in [3.8, 4) is 11.3 Å². The van der Waals surface area contributed by atoms with E-state index in [-0.39, 0.29) is 11.7 Å². The smallest absolute Gasteiger partial charge is 0.132 e. The Kier molecular flexibility index (Phi) is 3.76. The second-order valence-electron chi connectivity index (χ2n) is 7.21. The van der Waals surface area contributed by atoms with Gasteiger partial charge in [0, 0.05) is 42.5 Å². The number of nitrogens with one attached hydrogen (secondary N) is 1. The van der Waals surface area contributed by atoms with Crippen LogP contribution in [-0.4, -0.2) is 33.7 Å². The maximum Gasteiger partial charge on any atom is 0.132 e. The molecule has 1 unspecified atom stereocenters. The Labute approximate surface area is 156 Å². The van der Waals surface area contributed by atoms with Crippen LogP contribution < -0.4 is 0 Å². The van der Waals surface area contributed by atoms with Crippen molar-refractivity contribution in [3.05, 3.63) is 83.4 Å². The largest absolute Gasteiger partial charge is 0.361 e. The van der Waals surface area contributed by atoms with E-state index in [9.17, 15) is 4.39 Å². The summed E-state index contributed by atoms with van der Waals surface area (Å²) in [5, 5.41) is 9.14. The van der Waals surface area contributed by atoms with Gasteiger partial charge in [-0.25, -0.2) is 4.39 Å². The number of hydrogen-bond acceptors (Lipinski definition) is 3. The second-order valence-corrected chi connectivity index (χ2v) is 7.21. The van der Waals surface area contributed by atoms with Crippen LogP contribution in [0.15, 0.2) is 60.9 Å². The minimum Gasteiger partial charge on any atom is -0.361 e. The highest BCUT2D eigenvalue weighted by molar-refractivity contribution is 5.80. The summed E-state index contributed by atoms with van der Waals surface area (Å²) in [6, 6.07) is 15.7. The molecule has 0 fully saturated rings. The van der Waals surface area contributed by atoms with Crippen LogP contribution in [0.1, 0.15) is 22.6 Å². The van der Waals surface area contributed by atoms with E-state index in [1.54, 1.807) is 24.4 Å². The summed E-state index contributed by atoms with van der Waals surface area (Å²) in [6.07, 6.45) is 3.54. The predicted octanol–water partition coefficient (Wildman–Crippen LogP) is 4.34. The molecular formula is C22H19FN4. The first-order valence-corrected chi connectivity index (χ1v) is 9.05. The van der Waals surface area contributed by atoms with Gasteiger partial charge in [0.1, 0.15) is 5.82 Å². The van der Waals surface area contributed by atoms with E-state index in [1.807, 2.05) is 12.3 Å². The van der Waals surface area contributed by atoms with Gasteiger partial charge < -0.3 is 9.88 Å². The van der Waals surface area contributed by atoms with Crippen LogP contribution in [0.25, 0.3) is 22.2 Å². The minimum atomic E-state index is -0.244. The number of H-pyrrole nitrogens is 1. The average Bonchev–Trinajstić information content (AvgIpc) is 3.16. The van der Waals surface area contributed by atoms with Gasteiger partial charge in [0.05, 0.1) is 5.69 Å². The van der Waals surface area contributed by atoms with Gasteiger partial charge in [-0.15, -0.1) is 0 Å². The lowest BCUT2D eigenvalue weighted by Gasteiger charge is -2.33. The number of aromatic nitrogens is 3. The lowest BCUT2D eigenvalue weighted by molar-refractivity contribution is 0.294. The van der Waals surface area contributed by atoms with Crippen molar-refractivity contribution in [3.63, 3.8) is 0 Å². The lowest BCUT2D eigenvalue weighted by Crippen LogP contribution is -2.31. The molecule has 1 aliphatic heterocycles. The molecule has 5 heteroatoms. The molecule has 134 valence electrons. The molecule has 3 heterocycles. The zero-order chi connectivity index (χ0) is 18.4. The molecule has 1 aliphatic rings. The summed E-state index contributed by atoms with van der Waals surface area (Å²) in [5.74, 6) is -0.102. The number of rotatable bonds is 2. The summed E-state index contributed by atoms with van der Waals surface area (Å²) in [7, 11) is 2.11. The van der Waals surface area contributed by atoms with Gasteiger partial charge in [-0.05, 0) is 71.6 Å². The van der Waals surface area contributed by atoms with E-state index in [1.165, 1.54) is 10.9 Å². The molecule has 2 aromatic heterocycles. The minimum absolute atomic E-state index is 0.142. The fourth-order valence-electron chi connectivity index (χ4n) is 4.08. The van der Waals surface area contributed by atoms with Crippen molar-refractivity contribution in [1.82, 2.24) is 20.1 Å². The van der Waals surface area contributed by atoms with Crippen LogP contribution in [0, 0.1) is 5.82 Å². The standard InChI is InChI=1S/C22H19FN4/c1-27-12-16-10-18(22-3-2-7-25-26-22)20(23)11-17(16)19(13-27)14-4-5-21-15(9-14)6-8-24-21/h2-11,19,24H,12-13H2,1H3. The van der Waals surface area contributed by atoms with Gasteiger partial charge in [0.2, 0.25) is 0 Å². The van der Waals surface area contributed by atoms with Crippen LogP contribution in [-0.2, 0) is 6.54 Å². The van der Waals surface area contributed by atoms with Crippen molar-refractivity contribution >= 4 is 10.9 Å². The maximum atomic E-state index is 15.0. The van der Waals surface area contributed by atoms with E-state index in [4.69, 9.17) is 0 Å². The fraction of sp³-hybridized carbons (Fsp3) is 0.182. The molecule has 0 amide bonds. The van der Waals surface area contributed by atoms with E-state index in [0.29, 0.717) is 11.3 Å². The first-order valence-electron chi connectivity index (χ1n) is 9.05. The van der Waals surface area contributed by atoms with Gasteiger partial charge >= 0.3 is 0 Å². The molecule has 1 atom stereocenters. The Morgan fingerprint density at radius 3 is 2.93 bits per heavy atom. The summed E-state index contributed by atoms with van der Waals surface area (Å²) in [5.41, 5.74) is 5.61. The highest BCUT2D eigenvalue weighted by Gasteiger charge is 2.27. The number of nitrogens with zero attached hydrogens (tertiary/aromatic N) is 3. The Morgan fingerprint density at radius 2 is 2.07 bits per heavy atom. The third kappa shape index (κ3) is 2.80. The van der Waals surface area contributed by atoms with Crippen molar-refractivity contribution < 1.29 is 4.39 Å². The summed E-state index contributed by atoms with van der Waals surface area (Å²) >= 11 is 0. The molecular weight excluding hydrogens is 339 g/mol. The highest BCUT2D eigenvalue weighted by Crippen LogP contribution is 2.37. The third-order valence-electron chi connectivity index (χ3n) is 5.37. The molecule has 0 aliphatic carbocycles. The van der Waals surface area contributed by atoms with Crippen LogP contribution in [0.4, 0.5) is 4.39 Å². The van der Waals surface area contributed by atoms with Crippen LogP contribution in [0.5, 0.6) is 0 Å². The quantitative estimate of drug-likeness (QED) is 0.580. The molecule has 0 spiro atoms. The highest BCUT2D eigenvalue weighted by atomic mass is 19.1. The number of hydrogen-bond donors (Lipinski definition) is 1. The fourth-order valence-corrected chi connectivity index (χ4v) is 4.08. The van der Waals surface area contributed by atoms with Crippen LogP contribution in [0.2, 0.25) is 0 Å².